The van der Waals surface area contributed by atoms with Crippen LogP contribution in [0.15, 0.2) is 22.8 Å². The average Bonchev–Trinajstić information content (AvgIpc) is 3.01. The van der Waals surface area contributed by atoms with Crippen molar-refractivity contribution >= 4 is 11.8 Å². The molecular weight excluding hydrogens is 298 g/mol. The summed E-state index contributed by atoms with van der Waals surface area (Å²) in [5, 5.41) is 10.2. The van der Waals surface area contributed by atoms with E-state index >= 15 is 0 Å². The number of hydrogen-bond donors (Lipinski definition) is 1. The maximum atomic E-state index is 10.2. The number of aliphatic hydroxyl groups excluding tert-OH is 1. The Bertz CT molecular complexity index is 426. The molecule has 0 radical (unpaired) electrons. The first-order valence-corrected chi connectivity index (χ1v) is 9.39. The third kappa shape index (κ3) is 4.51. The molecule has 2 aliphatic rings. The van der Waals surface area contributed by atoms with Gasteiger partial charge >= 0.3 is 0 Å². The third-order valence-electron chi connectivity index (χ3n) is 4.70. The maximum absolute atomic E-state index is 10.2. The van der Waals surface area contributed by atoms with Crippen molar-refractivity contribution in [3.63, 3.8) is 0 Å². The van der Waals surface area contributed by atoms with Crippen LogP contribution < -0.4 is 0 Å². The highest BCUT2D eigenvalue weighted by Gasteiger charge is 2.37. The lowest BCUT2D eigenvalue weighted by Gasteiger charge is -2.45. The Morgan fingerprint density at radius 3 is 3.00 bits per heavy atom. The Morgan fingerprint density at radius 2 is 2.23 bits per heavy atom. The zero-order valence-electron chi connectivity index (χ0n) is 13.2. The van der Waals surface area contributed by atoms with Gasteiger partial charge in [-0.1, -0.05) is 19.3 Å². The van der Waals surface area contributed by atoms with Gasteiger partial charge < -0.3 is 14.3 Å². The largest absolute Gasteiger partial charge is 0.467 e. The Hall–Kier alpha value is -0.490. The molecule has 3 rings (SSSR count). The van der Waals surface area contributed by atoms with Gasteiger partial charge in [0.15, 0.2) is 0 Å². The standard InChI is InChI=1S/C17H27NO3S/c19-15(12-20-13-16-5-4-9-21-16)11-18-8-10-22-17(14-18)6-2-1-3-7-17/h4-5,9,15,19H,1-3,6-8,10-14H2. The van der Waals surface area contributed by atoms with Crippen LogP contribution in [0.4, 0.5) is 0 Å². The lowest BCUT2D eigenvalue weighted by atomic mass is 9.87. The van der Waals surface area contributed by atoms with E-state index < -0.39 is 6.10 Å². The van der Waals surface area contributed by atoms with Crippen LogP contribution in [0.5, 0.6) is 0 Å². The Kier molecular flexibility index (Phi) is 5.85. The lowest BCUT2D eigenvalue weighted by molar-refractivity contribution is 0.00338. The third-order valence-corrected chi connectivity index (χ3v) is 6.23. The molecule has 2 fully saturated rings. The molecule has 1 unspecified atom stereocenters. The van der Waals surface area contributed by atoms with Crippen molar-refractivity contribution in [1.82, 2.24) is 4.90 Å². The van der Waals surface area contributed by atoms with Crippen molar-refractivity contribution in [2.45, 2.75) is 49.6 Å². The average molecular weight is 325 g/mol. The highest BCUT2D eigenvalue weighted by molar-refractivity contribution is 8.00. The van der Waals surface area contributed by atoms with E-state index in [-0.39, 0.29) is 0 Å². The first kappa shape index (κ1) is 16.4. The van der Waals surface area contributed by atoms with Crippen LogP contribution in [0.3, 0.4) is 0 Å². The molecule has 1 aliphatic carbocycles. The fraction of sp³-hybridized carbons (Fsp3) is 0.765. The number of furan rings is 1. The van der Waals surface area contributed by atoms with Gasteiger partial charge in [0.2, 0.25) is 0 Å². The molecule has 0 amide bonds. The van der Waals surface area contributed by atoms with Gasteiger partial charge in [0.05, 0.1) is 19.0 Å². The van der Waals surface area contributed by atoms with E-state index in [1.165, 1.54) is 37.9 Å². The van der Waals surface area contributed by atoms with Crippen molar-refractivity contribution in [1.29, 1.82) is 0 Å². The molecule has 1 saturated carbocycles. The van der Waals surface area contributed by atoms with E-state index in [4.69, 9.17) is 9.15 Å². The number of aliphatic hydroxyl groups is 1. The smallest absolute Gasteiger partial charge is 0.129 e. The fourth-order valence-electron chi connectivity index (χ4n) is 3.62. The number of hydrogen-bond acceptors (Lipinski definition) is 5. The summed E-state index contributed by atoms with van der Waals surface area (Å²) in [5.74, 6) is 2.00. The molecule has 5 heteroatoms. The number of β-amino-alcohol motifs (C(OH)–C–C–N with tert-alkyl or cyclic N) is 1. The molecule has 1 aromatic heterocycles. The molecule has 2 heterocycles. The molecule has 0 bridgehead atoms. The molecule has 22 heavy (non-hydrogen) atoms. The van der Waals surface area contributed by atoms with Crippen LogP contribution in [0, 0.1) is 0 Å². The van der Waals surface area contributed by atoms with E-state index in [1.807, 2.05) is 12.1 Å². The van der Waals surface area contributed by atoms with E-state index in [2.05, 4.69) is 16.7 Å². The van der Waals surface area contributed by atoms with Gasteiger partial charge in [-0.2, -0.15) is 11.8 Å². The van der Waals surface area contributed by atoms with Gasteiger partial charge in [0, 0.05) is 30.1 Å². The summed E-state index contributed by atoms with van der Waals surface area (Å²) < 4.78 is 11.2. The predicted octanol–water partition coefficient (Wildman–Crippen LogP) is 2.91. The minimum Gasteiger partial charge on any atom is -0.467 e. The molecular formula is C17H27NO3S. The number of thioether (sulfide) groups is 1. The first-order valence-electron chi connectivity index (χ1n) is 8.40. The number of rotatable bonds is 6. The SMILES string of the molecule is OC(COCc1ccco1)CN1CCSC2(CCCCC2)C1. The molecule has 1 spiro atoms. The van der Waals surface area contributed by atoms with E-state index in [0.717, 1.165) is 25.4 Å². The van der Waals surface area contributed by atoms with Crippen LogP contribution in [0.2, 0.25) is 0 Å². The number of nitrogens with zero attached hydrogens (tertiary/aromatic N) is 1. The highest BCUT2D eigenvalue weighted by atomic mass is 32.2. The van der Waals surface area contributed by atoms with Crippen molar-refractivity contribution < 1.29 is 14.3 Å². The van der Waals surface area contributed by atoms with Crippen LogP contribution in [0.25, 0.3) is 0 Å². The van der Waals surface area contributed by atoms with Crippen molar-refractivity contribution in [3.8, 4) is 0 Å². The summed E-state index contributed by atoms with van der Waals surface area (Å²) in [5.41, 5.74) is 0. The summed E-state index contributed by atoms with van der Waals surface area (Å²) in [7, 11) is 0. The molecule has 1 N–H and O–H groups in total. The van der Waals surface area contributed by atoms with Crippen LogP contribution in [-0.2, 0) is 11.3 Å². The topological polar surface area (TPSA) is 45.8 Å². The van der Waals surface area contributed by atoms with E-state index in [9.17, 15) is 5.11 Å². The first-order chi connectivity index (χ1) is 10.8. The summed E-state index contributed by atoms with van der Waals surface area (Å²) in [6.07, 6.45) is 8.05. The molecule has 124 valence electrons. The minimum atomic E-state index is -0.418. The van der Waals surface area contributed by atoms with Crippen molar-refractivity contribution in [2.75, 3.05) is 32.0 Å². The van der Waals surface area contributed by atoms with E-state index in [0.29, 0.717) is 18.0 Å². The second kappa shape index (κ2) is 7.86. The summed E-state index contributed by atoms with van der Waals surface area (Å²) >= 11 is 2.17. The summed E-state index contributed by atoms with van der Waals surface area (Å²) in [6, 6.07) is 3.74. The van der Waals surface area contributed by atoms with Gasteiger partial charge in [-0.15, -0.1) is 0 Å². The quantitative estimate of drug-likeness (QED) is 0.871. The van der Waals surface area contributed by atoms with Gasteiger partial charge in [-0.3, -0.25) is 4.90 Å². The molecule has 1 aromatic rings. The predicted molar refractivity (Wildman–Crippen MR) is 89.1 cm³/mol. The van der Waals surface area contributed by atoms with E-state index in [1.54, 1.807) is 6.26 Å². The van der Waals surface area contributed by atoms with Gasteiger partial charge in [0.1, 0.15) is 12.4 Å². The zero-order valence-corrected chi connectivity index (χ0v) is 14.0. The number of ether oxygens (including phenoxy) is 1. The Labute approximate surface area is 137 Å². The molecule has 1 atom stereocenters. The van der Waals surface area contributed by atoms with Gasteiger partial charge in [-0.25, -0.2) is 0 Å². The van der Waals surface area contributed by atoms with Crippen molar-refractivity contribution in [3.05, 3.63) is 24.2 Å². The lowest BCUT2D eigenvalue weighted by Crippen LogP contribution is -2.50. The zero-order chi connectivity index (χ0) is 15.3. The molecule has 1 aliphatic heterocycles. The van der Waals surface area contributed by atoms with Crippen LogP contribution >= 0.6 is 11.8 Å². The molecule has 1 saturated heterocycles. The minimum absolute atomic E-state index is 0.372. The Morgan fingerprint density at radius 1 is 1.36 bits per heavy atom. The second-order valence-electron chi connectivity index (χ2n) is 6.58. The fourth-order valence-corrected chi connectivity index (χ4v) is 5.25. The highest BCUT2D eigenvalue weighted by Crippen LogP contribution is 2.42. The normalized spacial score (nSPS) is 23.7. The van der Waals surface area contributed by atoms with Crippen LogP contribution in [-0.4, -0.2) is 52.9 Å². The maximum Gasteiger partial charge on any atom is 0.129 e. The van der Waals surface area contributed by atoms with Crippen LogP contribution in [0.1, 0.15) is 37.9 Å². The van der Waals surface area contributed by atoms with Gasteiger partial charge in [-0.05, 0) is 25.0 Å². The van der Waals surface area contributed by atoms with Crippen molar-refractivity contribution in [2.24, 2.45) is 0 Å². The molecule has 0 aromatic carbocycles. The molecule has 4 nitrogen and oxygen atoms in total. The summed E-state index contributed by atoms with van der Waals surface area (Å²) in [6.45, 7) is 3.75. The summed E-state index contributed by atoms with van der Waals surface area (Å²) in [4.78, 5) is 2.43. The second-order valence-corrected chi connectivity index (χ2v) is 8.14. The van der Waals surface area contributed by atoms with Gasteiger partial charge in [0.25, 0.3) is 0 Å². The Balaban J connectivity index is 1.39. The monoisotopic (exact) mass is 325 g/mol.